The normalized spacial score (nSPS) is 11.5. The Bertz CT molecular complexity index is 169. The largest absolute Gasteiger partial charge is 0.480 e. The van der Waals surface area contributed by atoms with Crippen molar-refractivity contribution in [2.24, 2.45) is 11.5 Å². The zero-order valence-corrected chi connectivity index (χ0v) is 11.4. The predicted octanol–water partition coefficient (Wildman–Crippen LogP) is -0.510. The molecule has 0 spiro atoms. The Kier molecular flexibility index (Phi) is 18.2. The lowest BCUT2D eigenvalue weighted by atomic mass is 10.2. The van der Waals surface area contributed by atoms with Crippen molar-refractivity contribution in [3.8, 4) is 0 Å². The second kappa shape index (κ2) is 16.0. The van der Waals surface area contributed by atoms with Gasteiger partial charge in [-0.2, -0.15) is 0 Å². The zero-order chi connectivity index (χ0) is 13.5. The van der Waals surface area contributed by atoms with Gasteiger partial charge in [0.25, 0.3) is 0 Å². The van der Waals surface area contributed by atoms with E-state index in [0.29, 0.717) is 19.4 Å². The van der Waals surface area contributed by atoms with Crippen LogP contribution in [0.1, 0.15) is 12.8 Å². The van der Waals surface area contributed by atoms with Crippen molar-refractivity contribution in [1.29, 1.82) is 0 Å². The van der Waals surface area contributed by atoms with Crippen LogP contribution in [0, 0.1) is 0 Å². The summed E-state index contributed by atoms with van der Waals surface area (Å²) in [4.78, 5) is 10.0. The minimum absolute atomic E-state index is 0.225. The summed E-state index contributed by atoms with van der Waals surface area (Å²) >= 11 is 0. The van der Waals surface area contributed by atoms with Gasteiger partial charge in [-0.05, 0) is 19.4 Å². The molecular formula is C9H22N2O4S2. The van der Waals surface area contributed by atoms with Gasteiger partial charge in [-0.3, -0.25) is 4.79 Å². The minimum atomic E-state index is -0.955. The van der Waals surface area contributed by atoms with Crippen molar-refractivity contribution < 1.29 is 20.1 Å². The average Bonchev–Trinajstić information content (AvgIpc) is 2.32. The number of carboxylic acids is 1. The molecule has 1 atom stereocenters. The standard InChI is InChI=1S/C5H12N2O2.C4H10O2S2/c6-3-1-2-4(7)5(8)9;5-1-3-7-8-4-2-6/h4H,1-3,6-7H2,(H,8,9);5-6H,1-4H2/t4-;/m1./s1. The van der Waals surface area contributed by atoms with Crippen molar-refractivity contribution in [3.05, 3.63) is 0 Å². The van der Waals surface area contributed by atoms with Gasteiger partial charge in [0, 0.05) is 11.5 Å². The highest BCUT2D eigenvalue weighted by atomic mass is 33.1. The summed E-state index contributed by atoms with van der Waals surface area (Å²) < 4.78 is 0. The van der Waals surface area contributed by atoms with Crippen LogP contribution in [0.3, 0.4) is 0 Å². The summed E-state index contributed by atoms with van der Waals surface area (Å²) in [6, 6.07) is -0.742. The molecule has 7 N–H and O–H groups in total. The van der Waals surface area contributed by atoms with Gasteiger partial charge in [0.05, 0.1) is 13.2 Å². The summed E-state index contributed by atoms with van der Waals surface area (Å²) in [6.45, 7) is 0.952. The van der Waals surface area contributed by atoms with Crippen LogP contribution in [0.25, 0.3) is 0 Å². The number of carbonyl (C=O) groups is 1. The molecule has 0 aliphatic rings. The molecule has 0 radical (unpaired) electrons. The van der Waals surface area contributed by atoms with Gasteiger partial charge < -0.3 is 26.8 Å². The molecule has 0 aromatic heterocycles. The fraction of sp³-hybridized carbons (Fsp3) is 0.889. The molecule has 6 nitrogen and oxygen atoms in total. The van der Waals surface area contributed by atoms with Gasteiger partial charge in [-0.15, -0.1) is 0 Å². The molecular weight excluding hydrogens is 264 g/mol. The van der Waals surface area contributed by atoms with E-state index < -0.39 is 12.0 Å². The Hall–Kier alpha value is 0.01000. The number of carboxylic acid groups (broad SMARTS) is 1. The lowest BCUT2D eigenvalue weighted by molar-refractivity contribution is -0.138. The maximum absolute atomic E-state index is 10.0. The molecule has 0 amide bonds. The number of hydrogen-bond donors (Lipinski definition) is 5. The maximum Gasteiger partial charge on any atom is 0.320 e. The van der Waals surface area contributed by atoms with Crippen LogP contribution in [0.4, 0.5) is 0 Å². The SMILES string of the molecule is NCCC[C@@H](N)C(=O)O.OCCSSCCO. The number of hydrogen-bond acceptors (Lipinski definition) is 7. The Morgan fingerprint density at radius 2 is 1.65 bits per heavy atom. The van der Waals surface area contributed by atoms with E-state index in [4.69, 9.17) is 26.8 Å². The Morgan fingerprint density at radius 1 is 1.18 bits per heavy atom. The molecule has 0 aliphatic carbocycles. The fourth-order valence-electron chi connectivity index (χ4n) is 0.654. The van der Waals surface area contributed by atoms with E-state index in [1.54, 1.807) is 21.6 Å². The monoisotopic (exact) mass is 286 g/mol. The molecule has 0 aromatic rings. The zero-order valence-electron chi connectivity index (χ0n) is 9.75. The van der Waals surface area contributed by atoms with Crippen molar-refractivity contribution in [1.82, 2.24) is 0 Å². The van der Waals surface area contributed by atoms with E-state index in [9.17, 15) is 4.79 Å². The smallest absolute Gasteiger partial charge is 0.320 e. The molecule has 104 valence electrons. The Labute approximate surface area is 110 Å². The third-order valence-corrected chi connectivity index (χ3v) is 3.83. The second-order valence-electron chi connectivity index (χ2n) is 2.97. The number of aliphatic hydroxyl groups is 2. The predicted molar refractivity (Wildman–Crippen MR) is 73.0 cm³/mol. The lowest BCUT2D eigenvalue weighted by Crippen LogP contribution is -2.30. The molecule has 0 saturated carbocycles. The van der Waals surface area contributed by atoms with Gasteiger partial charge in [-0.25, -0.2) is 0 Å². The topological polar surface area (TPSA) is 130 Å². The quantitative estimate of drug-likeness (QED) is 0.283. The van der Waals surface area contributed by atoms with E-state index in [1.807, 2.05) is 0 Å². The van der Waals surface area contributed by atoms with Crippen molar-refractivity contribution in [3.63, 3.8) is 0 Å². The van der Waals surface area contributed by atoms with E-state index in [2.05, 4.69) is 0 Å². The molecule has 0 unspecified atom stereocenters. The molecule has 0 bridgehead atoms. The van der Waals surface area contributed by atoms with Gasteiger partial charge in [-0.1, -0.05) is 21.6 Å². The van der Waals surface area contributed by atoms with Crippen LogP contribution in [0.15, 0.2) is 0 Å². The van der Waals surface area contributed by atoms with E-state index in [-0.39, 0.29) is 13.2 Å². The molecule has 0 rings (SSSR count). The molecule has 0 heterocycles. The number of aliphatic hydroxyl groups excluding tert-OH is 2. The second-order valence-corrected chi connectivity index (χ2v) is 5.67. The summed E-state index contributed by atoms with van der Waals surface area (Å²) in [5.41, 5.74) is 10.3. The average molecular weight is 286 g/mol. The van der Waals surface area contributed by atoms with Gasteiger partial charge in [0.2, 0.25) is 0 Å². The Balaban J connectivity index is 0. The first-order valence-corrected chi connectivity index (χ1v) is 7.73. The minimum Gasteiger partial charge on any atom is -0.480 e. The van der Waals surface area contributed by atoms with Crippen molar-refractivity contribution >= 4 is 27.6 Å². The first-order valence-electron chi connectivity index (χ1n) is 5.24. The molecule has 8 heteroatoms. The van der Waals surface area contributed by atoms with Gasteiger partial charge in [0.15, 0.2) is 0 Å². The van der Waals surface area contributed by atoms with Crippen molar-refractivity contribution in [2.75, 3.05) is 31.3 Å². The molecule has 0 aromatic carbocycles. The fourth-order valence-corrected chi connectivity index (χ4v) is 2.19. The maximum atomic E-state index is 10.0. The van der Waals surface area contributed by atoms with Crippen LogP contribution in [0.2, 0.25) is 0 Å². The molecule has 0 saturated heterocycles. The number of rotatable bonds is 9. The highest BCUT2D eigenvalue weighted by Crippen LogP contribution is 2.18. The highest BCUT2D eigenvalue weighted by Gasteiger charge is 2.08. The summed E-state index contributed by atoms with van der Waals surface area (Å²) in [6.07, 6.45) is 1.14. The van der Waals surface area contributed by atoms with Crippen LogP contribution < -0.4 is 11.5 Å². The van der Waals surface area contributed by atoms with Crippen LogP contribution in [0.5, 0.6) is 0 Å². The van der Waals surface area contributed by atoms with Crippen LogP contribution in [-0.4, -0.2) is 58.6 Å². The Morgan fingerprint density at radius 3 is 1.94 bits per heavy atom. The van der Waals surface area contributed by atoms with E-state index in [0.717, 1.165) is 11.5 Å². The third-order valence-electron chi connectivity index (χ3n) is 1.47. The number of aliphatic carboxylic acids is 1. The number of nitrogens with two attached hydrogens (primary N) is 2. The van der Waals surface area contributed by atoms with Crippen LogP contribution >= 0.6 is 21.6 Å². The van der Waals surface area contributed by atoms with Gasteiger partial charge >= 0.3 is 5.97 Å². The third kappa shape index (κ3) is 18.6. The molecule has 0 fully saturated rings. The first-order chi connectivity index (χ1) is 8.09. The van der Waals surface area contributed by atoms with Crippen molar-refractivity contribution in [2.45, 2.75) is 18.9 Å². The first kappa shape index (κ1) is 19.4. The van der Waals surface area contributed by atoms with E-state index >= 15 is 0 Å². The molecule has 0 aliphatic heterocycles. The van der Waals surface area contributed by atoms with Gasteiger partial charge in [0.1, 0.15) is 6.04 Å². The van der Waals surface area contributed by atoms with E-state index in [1.165, 1.54) is 0 Å². The van der Waals surface area contributed by atoms with Crippen LogP contribution in [-0.2, 0) is 4.79 Å². The highest BCUT2D eigenvalue weighted by molar-refractivity contribution is 8.76. The molecule has 17 heavy (non-hydrogen) atoms. The summed E-state index contributed by atoms with van der Waals surface area (Å²) in [5.74, 6) is 0.554. The summed E-state index contributed by atoms with van der Waals surface area (Å²) in [7, 11) is 3.17. The summed E-state index contributed by atoms with van der Waals surface area (Å²) in [5, 5.41) is 24.8. The lowest BCUT2D eigenvalue weighted by Gasteiger charge is -2.02.